The second-order valence-corrected chi connectivity index (χ2v) is 8.52. The summed E-state index contributed by atoms with van der Waals surface area (Å²) in [6.07, 6.45) is 1.37. The van der Waals surface area contributed by atoms with Crippen molar-refractivity contribution in [2.45, 2.75) is 52.2 Å². The highest BCUT2D eigenvalue weighted by Gasteiger charge is 2.33. The highest BCUT2D eigenvalue weighted by Crippen LogP contribution is 2.34. The van der Waals surface area contributed by atoms with Crippen molar-refractivity contribution in [2.75, 3.05) is 26.3 Å². The van der Waals surface area contributed by atoms with Crippen molar-refractivity contribution in [3.63, 3.8) is 0 Å². The summed E-state index contributed by atoms with van der Waals surface area (Å²) in [7, 11) is 0. The molecule has 6 heteroatoms. The van der Waals surface area contributed by atoms with Gasteiger partial charge < -0.3 is 19.1 Å². The number of ether oxygens (including phenoxy) is 3. The predicted octanol–water partition coefficient (Wildman–Crippen LogP) is 5.60. The standard InChI is InChI=1S/C22H32ClNO4/c1-6-26-16(2)15-27-20(17-9-7-11-19(23)13-17)18-10-8-12-24(14-18)21(25)28-22(3,4)5/h7,9,11,13,18,20H,2,6,8,10,12,14-15H2,1,3-5H3/t18-,20+/m1/s1. The Labute approximate surface area is 173 Å². The van der Waals surface area contributed by atoms with E-state index in [9.17, 15) is 4.79 Å². The SMILES string of the molecule is C=C(CO[C@@H](c1cccc(Cl)c1)[C@@H]1CCCN(C(=O)OC(C)(C)C)C1)OCC. The Morgan fingerprint density at radius 3 is 2.79 bits per heavy atom. The molecule has 0 aromatic heterocycles. The van der Waals surface area contributed by atoms with Gasteiger partial charge in [-0.1, -0.05) is 30.3 Å². The molecule has 0 unspecified atom stereocenters. The number of carbonyl (C=O) groups excluding carboxylic acids is 1. The summed E-state index contributed by atoms with van der Waals surface area (Å²) in [5.41, 5.74) is 0.482. The molecule has 0 saturated carbocycles. The van der Waals surface area contributed by atoms with Crippen LogP contribution in [-0.2, 0) is 14.2 Å². The van der Waals surface area contributed by atoms with Crippen molar-refractivity contribution < 1.29 is 19.0 Å². The maximum Gasteiger partial charge on any atom is 0.410 e. The van der Waals surface area contributed by atoms with Gasteiger partial charge >= 0.3 is 6.09 Å². The zero-order valence-corrected chi connectivity index (χ0v) is 18.1. The summed E-state index contributed by atoms with van der Waals surface area (Å²) < 4.78 is 17.2. The third-order valence-corrected chi connectivity index (χ3v) is 4.72. The van der Waals surface area contributed by atoms with Gasteiger partial charge in [0.2, 0.25) is 0 Å². The van der Waals surface area contributed by atoms with Gasteiger partial charge in [0.15, 0.2) is 0 Å². The minimum atomic E-state index is -0.512. The number of hydrogen-bond donors (Lipinski definition) is 0. The first-order valence-corrected chi connectivity index (χ1v) is 10.2. The molecule has 2 rings (SSSR count). The quantitative estimate of drug-likeness (QED) is 0.550. The van der Waals surface area contributed by atoms with Crippen LogP contribution in [0.3, 0.4) is 0 Å². The lowest BCUT2D eigenvalue weighted by molar-refractivity contribution is -0.0279. The third-order valence-electron chi connectivity index (χ3n) is 4.49. The molecule has 1 saturated heterocycles. The number of carbonyl (C=O) groups is 1. The fourth-order valence-corrected chi connectivity index (χ4v) is 3.56. The maximum atomic E-state index is 12.5. The van der Waals surface area contributed by atoms with Crippen LogP contribution in [0, 0.1) is 5.92 Å². The summed E-state index contributed by atoms with van der Waals surface area (Å²) >= 11 is 6.21. The summed E-state index contributed by atoms with van der Waals surface area (Å²) in [5, 5.41) is 0.662. The Bertz CT molecular complexity index is 671. The smallest absolute Gasteiger partial charge is 0.410 e. The van der Waals surface area contributed by atoms with E-state index < -0.39 is 5.60 Å². The van der Waals surface area contributed by atoms with Crippen LogP contribution < -0.4 is 0 Å². The van der Waals surface area contributed by atoms with E-state index in [4.69, 9.17) is 25.8 Å². The van der Waals surface area contributed by atoms with Gasteiger partial charge in [0, 0.05) is 24.0 Å². The van der Waals surface area contributed by atoms with Crippen molar-refractivity contribution in [1.82, 2.24) is 4.90 Å². The first-order chi connectivity index (χ1) is 13.2. The van der Waals surface area contributed by atoms with E-state index in [1.54, 1.807) is 4.90 Å². The molecule has 0 spiro atoms. The molecule has 0 N–H and O–H groups in total. The fourth-order valence-electron chi connectivity index (χ4n) is 3.37. The maximum absolute atomic E-state index is 12.5. The number of rotatable bonds is 7. The van der Waals surface area contributed by atoms with Gasteiger partial charge in [-0.05, 0) is 58.2 Å². The molecule has 1 fully saturated rings. The van der Waals surface area contributed by atoms with Gasteiger partial charge in [0.25, 0.3) is 0 Å². The number of benzene rings is 1. The van der Waals surface area contributed by atoms with Gasteiger partial charge in [0.1, 0.15) is 18.0 Å². The summed E-state index contributed by atoms with van der Waals surface area (Å²) in [6.45, 7) is 13.6. The highest BCUT2D eigenvalue weighted by atomic mass is 35.5. The number of halogens is 1. The van der Waals surface area contributed by atoms with Crippen LogP contribution in [0.1, 0.15) is 52.2 Å². The lowest BCUT2D eigenvalue weighted by Crippen LogP contribution is -2.44. The summed E-state index contributed by atoms with van der Waals surface area (Å²) in [4.78, 5) is 14.3. The second-order valence-electron chi connectivity index (χ2n) is 8.09. The average molecular weight is 410 g/mol. The van der Waals surface area contributed by atoms with E-state index >= 15 is 0 Å². The Morgan fingerprint density at radius 2 is 2.14 bits per heavy atom. The van der Waals surface area contributed by atoms with Crippen LogP contribution in [0.5, 0.6) is 0 Å². The van der Waals surface area contributed by atoms with E-state index in [0.717, 1.165) is 18.4 Å². The Hall–Kier alpha value is -1.72. The number of amides is 1. The summed E-state index contributed by atoms with van der Waals surface area (Å²) in [5.74, 6) is 0.725. The van der Waals surface area contributed by atoms with Crippen molar-refractivity contribution in [3.05, 3.63) is 47.2 Å². The highest BCUT2D eigenvalue weighted by molar-refractivity contribution is 6.30. The van der Waals surface area contributed by atoms with E-state index in [1.807, 2.05) is 52.0 Å². The predicted molar refractivity (Wildman–Crippen MR) is 111 cm³/mol. The fraction of sp³-hybridized carbons (Fsp3) is 0.591. The zero-order chi connectivity index (χ0) is 20.7. The minimum absolute atomic E-state index is 0.133. The van der Waals surface area contributed by atoms with Gasteiger partial charge in [-0.25, -0.2) is 4.79 Å². The first-order valence-electron chi connectivity index (χ1n) is 9.85. The number of likely N-dealkylation sites (tertiary alicyclic amines) is 1. The van der Waals surface area contributed by atoms with Crippen molar-refractivity contribution in [1.29, 1.82) is 0 Å². The lowest BCUT2D eigenvalue weighted by atomic mass is 9.88. The number of nitrogens with zero attached hydrogens (tertiary/aromatic N) is 1. The first kappa shape index (κ1) is 22.6. The van der Waals surface area contributed by atoms with Crippen LogP contribution in [0.4, 0.5) is 4.79 Å². The van der Waals surface area contributed by atoms with E-state index in [1.165, 1.54) is 0 Å². The van der Waals surface area contributed by atoms with Crippen LogP contribution in [0.15, 0.2) is 36.6 Å². The molecule has 0 bridgehead atoms. The van der Waals surface area contributed by atoms with Crippen LogP contribution in [0.2, 0.25) is 5.02 Å². The van der Waals surface area contributed by atoms with Crippen LogP contribution in [0.25, 0.3) is 0 Å². The molecule has 1 aliphatic heterocycles. The van der Waals surface area contributed by atoms with Gasteiger partial charge in [-0.2, -0.15) is 0 Å². The van der Waals surface area contributed by atoms with E-state index in [-0.39, 0.29) is 18.1 Å². The Kier molecular flexibility index (Phi) is 8.20. The molecule has 1 aromatic carbocycles. The second kappa shape index (κ2) is 10.2. The molecule has 5 nitrogen and oxygen atoms in total. The zero-order valence-electron chi connectivity index (χ0n) is 17.4. The molecule has 0 aliphatic carbocycles. The average Bonchev–Trinajstić information content (AvgIpc) is 2.61. The van der Waals surface area contributed by atoms with Crippen LogP contribution in [-0.4, -0.2) is 42.9 Å². The molecule has 28 heavy (non-hydrogen) atoms. The lowest BCUT2D eigenvalue weighted by Gasteiger charge is -2.37. The van der Waals surface area contributed by atoms with Crippen LogP contribution >= 0.6 is 11.6 Å². The van der Waals surface area contributed by atoms with Gasteiger partial charge in [-0.3, -0.25) is 0 Å². The largest absolute Gasteiger partial charge is 0.496 e. The molecular weight excluding hydrogens is 378 g/mol. The van der Waals surface area contributed by atoms with Gasteiger partial charge in [0.05, 0.1) is 12.7 Å². The number of hydrogen-bond acceptors (Lipinski definition) is 4. The molecule has 156 valence electrons. The molecule has 2 atom stereocenters. The van der Waals surface area contributed by atoms with Crippen molar-refractivity contribution >= 4 is 17.7 Å². The monoisotopic (exact) mass is 409 g/mol. The molecule has 1 aromatic rings. The van der Waals surface area contributed by atoms with E-state index in [2.05, 4.69) is 6.58 Å². The molecule has 1 heterocycles. The molecular formula is C22H32ClNO4. The van der Waals surface area contributed by atoms with Gasteiger partial charge in [-0.15, -0.1) is 0 Å². The summed E-state index contributed by atoms with van der Waals surface area (Å²) in [6, 6.07) is 7.68. The topological polar surface area (TPSA) is 48.0 Å². The normalized spacial score (nSPS) is 18.5. The molecule has 1 amide bonds. The Balaban J connectivity index is 2.14. The third kappa shape index (κ3) is 7.02. The Morgan fingerprint density at radius 1 is 1.39 bits per heavy atom. The molecule has 1 aliphatic rings. The molecule has 0 radical (unpaired) electrons. The minimum Gasteiger partial charge on any atom is -0.496 e. The van der Waals surface area contributed by atoms with Crippen molar-refractivity contribution in [2.24, 2.45) is 5.92 Å². The number of piperidine rings is 1. The van der Waals surface area contributed by atoms with Crippen molar-refractivity contribution in [3.8, 4) is 0 Å². The van der Waals surface area contributed by atoms with E-state index in [0.29, 0.717) is 37.1 Å².